The fourth-order valence-corrected chi connectivity index (χ4v) is 2.11. The van der Waals surface area contributed by atoms with E-state index in [4.69, 9.17) is 4.74 Å². The van der Waals surface area contributed by atoms with E-state index in [0.29, 0.717) is 10.8 Å². The molecule has 0 aliphatic heterocycles. The molecule has 2 rings (SSSR count). The molecule has 0 radical (unpaired) electrons. The van der Waals surface area contributed by atoms with E-state index in [0.717, 1.165) is 0 Å². The minimum absolute atomic E-state index is 0.0741. The Balaban J connectivity index is 2.07. The van der Waals surface area contributed by atoms with Gasteiger partial charge in [-0.2, -0.15) is 0 Å². The number of pyridine rings is 1. The summed E-state index contributed by atoms with van der Waals surface area (Å²) in [4.78, 5) is 49.9. The van der Waals surface area contributed by atoms with Crippen LogP contribution in [0.15, 0.2) is 35.1 Å². The van der Waals surface area contributed by atoms with Crippen LogP contribution in [-0.2, 0) is 9.53 Å². The molecule has 1 aromatic heterocycles. The largest absolute Gasteiger partial charge is 0.448 e. The van der Waals surface area contributed by atoms with Gasteiger partial charge in [-0.1, -0.05) is 18.2 Å². The van der Waals surface area contributed by atoms with Crippen LogP contribution < -0.4 is 16.2 Å². The maximum absolute atomic E-state index is 12.1. The van der Waals surface area contributed by atoms with Crippen molar-refractivity contribution in [3.05, 3.63) is 46.4 Å². The van der Waals surface area contributed by atoms with Gasteiger partial charge in [0.25, 0.3) is 11.5 Å². The minimum Gasteiger partial charge on any atom is -0.448 e. The Morgan fingerprint density at radius 3 is 2.48 bits per heavy atom. The molecule has 1 aromatic carbocycles. The first kappa shape index (κ1) is 18.2. The van der Waals surface area contributed by atoms with Crippen molar-refractivity contribution in [3.63, 3.8) is 0 Å². The number of aromatic nitrogens is 1. The summed E-state index contributed by atoms with van der Waals surface area (Å²) in [5.74, 6) is -1.63. The average Bonchev–Trinajstić information content (AvgIpc) is 2.53. The smallest absolute Gasteiger partial charge is 0.355 e. The molecule has 0 aliphatic carbocycles. The molecule has 3 amide bonds. The molecular weight excluding hydrogens is 326 g/mol. The van der Waals surface area contributed by atoms with E-state index in [9.17, 15) is 19.2 Å². The van der Waals surface area contributed by atoms with E-state index in [1.54, 1.807) is 38.1 Å². The highest BCUT2D eigenvalue weighted by atomic mass is 16.5. The third-order valence-corrected chi connectivity index (χ3v) is 3.28. The molecule has 132 valence electrons. The molecule has 0 fully saturated rings. The Labute approximate surface area is 143 Å². The van der Waals surface area contributed by atoms with Gasteiger partial charge in [0.05, 0.1) is 0 Å². The SMILES string of the molecule is CC(C)NC(=O)NC(=O)[C@@H](C)OC(=O)c1cc2ccccc2c(=O)[nH]1. The Bertz CT molecular complexity index is 872. The maximum atomic E-state index is 12.1. The lowest BCUT2D eigenvalue weighted by molar-refractivity contribution is -0.127. The number of rotatable bonds is 4. The zero-order valence-corrected chi connectivity index (χ0v) is 14.1. The number of carbonyl (C=O) groups excluding carboxylic acids is 3. The van der Waals surface area contributed by atoms with Gasteiger partial charge >= 0.3 is 12.0 Å². The van der Waals surface area contributed by atoms with E-state index in [-0.39, 0.29) is 11.7 Å². The van der Waals surface area contributed by atoms with Crippen molar-refractivity contribution in [2.45, 2.75) is 32.9 Å². The number of nitrogens with one attached hydrogen (secondary N) is 3. The fourth-order valence-electron chi connectivity index (χ4n) is 2.11. The minimum atomic E-state index is -1.21. The quantitative estimate of drug-likeness (QED) is 0.722. The van der Waals surface area contributed by atoms with Crippen LogP contribution in [0, 0.1) is 0 Å². The van der Waals surface area contributed by atoms with Crippen LogP contribution in [-0.4, -0.2) is 35.0 Å². The predicted octanol–water partition coefficient (Wildman–Crippen LogP) is 1.31. The Hall–Kier alpha value is -3.16. The standard InChI is InChI=1S/C17H19N3O5/c1-9(2)18-17(24)20-14(21)10(3)25-16(23)13-8-11-6-4-5-7-12(11)15(22)19-13/h4-10H,1-3H3,(H,19,22)(H2,18,20,21,24)/t10-/m1/s1. The van der Waals surface area contributed by atoms with E-state index in [1.807, 2.05) is 0 Å². The Morgan fingerprint density at radius 1 is 1.12 bits per heavy atom. The number of H-pyrrole nitrogens is 1. The monoisotopic (exact) mass is 345 g/mol. The van der Waals surface area contributed by atoms with Gasteiger partial charge in [-0.3, -0.25) is 14.9 Å². The topological polar surface area (TPSA) is 117 Å². The van der Waals surface area contributed by atoms with Crippen molar-refractivity contribution in [1.29, 1.82) is 0 Å². The number of urea groups is 1. The third-order valence-electron chi connectivity index (χ3n) is 3.28. The molecule has 1 atom stereocenters. The summed E-state index contributed by atoms with van der Waals surface area (Å²) in [7, 11) is 0. The Kier molecular flexibility index (Phi) is 5.53. The van der Waals surface area contributed by atoms with Gasteiger partial charge in [0.1, 0.15) is 5.69 Å². The lowest BCUT2D eigenvalue weighted by atomic mass is 10.1. The molecule has 0 saturated carbocycles. The highest BCUT2D eigenvalue weighted by molar-refractivity contribution is 5.99. The van der Waals surface area contributed by atoms with E-state index < -0.39 is 29.6 Å². The van der Waals surface area contributed by atoms with Crippen LogP contribution >= 0.6 is 0 Å². The van der Waals surface area contributed by atoms with Crippen LogP contribution in [0.5, 0.6) is 0 Å². The van der Waals surface area contributed by atoms with Gasteiger partial charge in [-0.05, 0) is 38.3 Å². The van der Waals surface area contributed by atoms with Crippen molar-refractivity contribution in [2.75, 3.05) is 0 Å². The molecule has 0 spiro atoms. The highest BCUT2D eigenvalue weighted by Crippen LogP contribution is 2.11. The normalized spacial score (nSPS) is 11.8. The summed E-state index contributed by atoms with van der Waals surface area (Å²) >= 11 is 0. The second-order valence-corrected chi connectivity index (χ2v) is 5.76. The van der Waals surface area contributed by atoms with Gasteiger partial charge in [-0.25, -0.2) is 9.59 Å². The van der Waals surface area contributed by atoms with Crippen molar-refractivity contribution in [1.82, 2.24) is 15.6 Å². The first-order valence-corrected chi connectivity index (χ1v) is 7.72. The van der Waals surface area contributed by atoms with Crippen LogP contribution in [0.25, 0.3) is 10.8 Å². The molecule has 0 aliphatic rings. The summed E-state index contributed by atoms with van der Waals surface area (Å²) in [5.41, 5.74) is -0.506. The number of imide groups is 1. The summed E-state index contributed by atoms with van der Waals surface area (Å²) in [5, 5.41) is 5.57. The number of hydrogen-bond donors (Lipinski definition) is 3. The zero-order chi connectivity index (χ0) is 18.6. The zero-order valence-electron chi connectivity index (χ0n) is 14.1. The second kappa shape index (κ2) is 7.61. The van der Waals surface area contributed by atoms with Crippen LogP contribution in [0.3, 0.4) is 0 Å². The molecule has 0 unspecified atom stereocenters. The number of fused-ring (bicyclic) bond motifs is 1. The highest BCUT2D eigenvalue weighted by Gasteiger charge is 2.21. The maximum Gasteiger partial charge on any atom is 0.355 e. The lowest BCUT2D eigenvalue weighted by Gasteiger charge is -2.14. The number of amides is 3. The molecule has 8 heteroatoms. The number of esters is 1. The van der Waals surface area contributed by atoms with Crippen molar-refractivity contribution >= 4 is 28.7 Å². The second-order valence-electron chi connectivity index (χ2n) is 5.76. The van der Waals surface area contributed by atoms with Crippen molar-refractivity contribution in [3.8, 4) is 0 Å². The van der Waals surface area contributed by atoms with Gasteiger partial charge in [-0.15, -0.1) is 0 Å². The lowest BCUT2D eigenvalue weighted by Crippen LogP contribution is -2.46. The molecule has 3 N–H and O–H groups in total. The molecular formula is C17H19N3O5. The van der Waals surface area contributed by atoms with Gasteiger partial charge in [0.15, 0.2) is 6.10 Å². The van der Waals surface area contributed by atoms with E-state index in [1.165, 1.54) is 13.0 Å². The summed E-state index contributed by atoms with van der Waals surface area (Å²) in [6, 6.07) is 7.41. The first-order chi connectivity index (χ1) is 11.8. The number of benzene rings is 1. The number of aromatic amines is 1. The Morgan fingerprint density at radius 2 is 1.80 bits per heavy atom. The first-order valence-electron chi connectivity index (χ1n) is 7.72. The van der Waals surface area contributed by atoms with Crippen molar-refractivity contribution < 1.29 is 19.1 Å². The fraction of sp³-hybridized carbons (Fsp3) is 0.294. The predicted molar refractivity (Wildman–Crippen MR) is 91.3 cm³/mol. The van der Waals surface area contributed by atoms with Gasteiger partial charge < -0.3 is 15.0 Å². The van der Waals surface area contributed by atoms with Crippen LogP contribution in [0.4, 0.5) is 4.79 Å². The average molecular weight is 345 g/mol. The number of hydrogen-bond acceptors (Lipinski definition) is 5. The third kappa shape index (κ3) is 4.66. The number of carbonyl (C=O) groups is 3. The van der Waals surface area contributed by atoms with E-state index in [2.05, 4.69) is 15.6 Å². The van der Waals surface area contributed by atoms with Crippen LogP contribution in [0.2, 0.25) is 0 Å². The molecule has 25 heavy (non-hydrogen) atoms. The molecule has 8 nitrogen and oxygen atoms in total. The molecule has 0 saturated heterocycles. The van der Waals surface area contributed by atoms with E-state index >= 15 is 0 Å². The van der Waals surface area contributed by atoms with Gasteiger partial charge in [0.2, 0.25) is 0 Å². The molecule has 2 aromatic rings. The van der Waals surface area contributed by atoms with Crippen molar-refractivity contribution in [2.24, 2.45) is 0 Å². The molecule has 1 heterocycles. The van der Waals surface area contributed by atoms with Crippen LogP contribution in [0.1, 0.15) is 31.3 Å². The molecule has 0 bridgehead atoms. The summed E-state index contributed by atoms with van der Waals surface area (Å²) in [6.07, 6.45) is -1.21. The number of ether oxygens (including phenoxy) is 1. The van der Waals surface area contributed by atoms with Gasteiger partial charge in [0, 0.05) is 11.4 Å². The summed E-state index contributed by atoms with van der Waals surface area (Å²) in [6.45, 7) is 4.81. The summed E-state index contributed by atoms with van der Waals surface area (Å²) < 4.78 is 5.01.